The van der Waals surface area contributed by atoms with E-state index in [1.54, 1.807) is 16.6 Å². The van der Waals surface area contributed by atoms with Crippen LogP contribution in [0.3, 0.4) is 0 Å². The summed E-state index contributed by atoms with van der Waals surface area (Å²) in [6.45, 7) is 5.90. The summed E-state index contributed by atoms with van der Waals surface area (Å²) in [4.78, 5) is 10.2. The van der Waals surface area contributed by atoms with Gasteiger partial charge in [0.2, 0.25) is 0 Å². The Morgan fingerprint density at radius 3 is 2.65 bits per heavy atom. The zero-order valence-electron chi connectivity index (χ0n) is 9.77. The van der Waals surface area contributed by atoms with E-state index in [4.69, 9.17) is 0 Å². The minimum Gasteiger partial charge on any atom is -0.258 e. The van der Waals surface area contributed by atoms with Crippen LogP contribution in [-0.2, 0) is 0 Å². The van der Waals surface area contributed by atoms with E-state index in [1.807, 2.05) is 20.8 Å². The molecule has 0 radical (unpaired) electrons. The van der Waals surface area contributed by atoms with Crippen LogP contribution in [0.25, 0.3) is 10.9 Å². The van der Waals surface area contributed by atoms with Crippen molar-refractivity contribution in [1.82, 2.24) is 9.55 Å². The number of hydrogen-bond acceptors (Lipinski definition) is 3. The molecule has 17 heavy (non-hydrogen) atoms. The first kappa shape index (κ1) is 14.3. The molecule has 1 heterocycles. The van der Waals surface area contributed by atoms with Crippen LogP contribution in [0.15, 0.2) is 18.2 Å². The number of hydrogen-bond donors (Lipinski definition) is 0. The average molecular weight is 365 g/mol. The molecule has 2 rings (SSSR count). The molecule has 1 atom stereocenters. The molecule has 92 valence electrons. The Morgan fingerprint density at radius 1 is 1.47 bits per heavy atom. The molecule has 0 N–H and O–H groups in total. The Bertz CT molecular complexity index is 542. The van der Waals surface area contributed by atoms with E-state index < -0.39 is 0 Å². The van der Waals surface area contributed by atoms with E-state index in [9.17, 15) is 10.1 Å². The summed E-state index contributed by atoms with van der Waals surface area (Å²) in [5.41, 5.74) is 1.84. The molecule has 0 aliphatic heterocycles. The van der Waals surface area contributed by atoms with Crippen molar-refractivity contribution in [1.29, 1.82) is 0 Å². The van der Waals surface area contributed by atoms with Crippen molar-refractivity contribution in [2.75, 3.05) is 0 Å². The topological polar surface area (TPSA) is 61.0 Å². The second-order valence-corrected chi connectivity index (χ2v) is 5.08. The molecule has 0 aliphatic rings. The van der Waals surface area contributed by atoms with Gasteiger partial charge in [-0.3, -0.25) is 10.1 Å². The van der Waals surface area contributed by atoms with Gasteiger partial charge in [0.25, 0.3) is 5.69 Å². The highest BCUT2D eigenvalue weighted by Gasteiger charge is 2.11. The van der Waals surface area contributed by atoms with Crippen LogP contribution in [0.2, 0.25) is 0 Å². The summed E-state index contributed by atoms with van der Waals surface area (Å²) in [6, 6.07) is 4.84. The quantitative estimate of drug-likeness (QED) is 0.349. The SMILES string of the molecule is CC.Cc1nn(PI)c2cc([N+](=O)[O-])ccc12. The van der Waals surface area contributed by atoms with E-state index in [1.165, 1.54) is 6.07 Å². The zero-order chi connectivity index (χ0) is 13.0. The van der Waals surface area contributed by atoms with Gasteiger partial charge >= 0.3 is 0 Å². The van der Waals surface area contributed by atoms with E-state index >= 15 is 0 Å². The third-order valence-electron chi connectivity index (χ3n) is 2.14. The van der Waals surface area contributed by atoms with E-state index in [0.717, 1.165) is 16.6 Å². The molecule has 0 amide bonds. The normalized spacial score (nSPS) is 10.6. The Hall–Kier alpha value is -0.750. The summed E-state index contributed by atoms with van der Waals surface area (Å²) < 4.78 is 1.79. The van der Waals surface area contributed by atoms with Gasteiger partial charge in [0.1, 0.15) is 0 Å². The van der Waals surface area contributed by atoms with Gasteiger partial charge in [0.05, 0.1) is 22.5 Å². The molecule has 1 aromatic carbocycles. The molecular formula is C10H13IN3O2P. The third-order valence-corrected chi connectivity index (χ3v) is 4.01. The van der Waals surface area contributed by atoms with Crippen molar-refractivity contribution >= 4 is 45.0 Å². The summed E-state index contributed by atoms with van der Waals surface area (Å²) in [7, 11) is 0. The van der Waals surface area contributed by atoms with Crippen LogP contribution >= 0.6 is 28.4 Å². The molecule has 2 aromatic rings. The Labute approximate surface area is 114 Å². The number of nitro benzene ring substituents is 1. The van der Waals surface area contributed by atoms with Gasteiger partial charge < -0.3 is 0 Å². The number of nitrogens with zero attached hydrogens (tertiary/aromatic N) is 3. The van der Waals surface area contributed by atoms with Crippen LogP contribution in [0, 0.1) is 17.0 Å². The third kappa shape index (κ3) is 2.93. The summed E-state index contributed by atoms with van der Waals surface area (Å²) in [5, 5.41) is 15.9. The van der Waals surface area contributed by atoms with Crippen molar-refractivity contribution in [3.05, 3.63) is 34.0 Å². The number of rotatable bonds is 2. The maximum atomic E-state index is 10.6. The van der Waals surface area contributed by atoms with Gasteiger partial charge in [-0.15, -0.1) is 0 Å². The number of non-ortho nitro benzene ring substituents is 1. The van der Waals surface area contributed by atoms with Crippen LogP contribution < -0.4 is 0 Å². The van der Waals surface area contributed by atoms with Crippen molar-refractivity contribution in [2.45, 2.75) is 20.8 Å². The van der Waals surface area contributed by atoms with Gasteiger partial charge in [-0.1, -0.05) is 13.8 Å². The van der Waals surface area contributed by atoms with Crippen molar-refractivity contribution in [3.63, 3.8) is 0 Å². The van der Waals surface area contributed by atoms with Crippen LogP contribution in [0.5, 0.6) is 0 Å². The summed E-state index contributed by atoms with van der Waals surface area (Å²) in [5.74, 6) is 0. The molecule has 0 spiro atoms. The molecule has 0 bridgehead atoms. The Morgan fingerprint density at radius 2 is 2.12 bits per heavy atom. The molecule has 5 nitrogen and oxygen atoms in total. The fourth-order valence-corrected chi connectivity index (χ4v) is 3.00. The Balaban J connectivity index is 0.000000686. The highest BCUT2D eigenvalue weighted by atomic mass is 127. The minimum atomic E-state index is -0.386. The molecule has 0 saturated carbocycles. The van der Waals surface area contributed by atoms with Crippen molar-refractivity contribution in [3.8, 4) is 0 Å². The number of halogens is 1. The number of fused-ring (bicyclic) bond motifs is 1. The standard InChI is InChI=1S/C8H7IN3O2P.C2H6/c1-5-7-3-2-6(12(13)14)4-8(7)11(10-5)15-9;1-2/h2-4,15H,1H3;1-2H3. The van der Waals surface area contributed by atoms with Crippen LogP contribution in [-0.4, -0.2) is 14.5 Å². The van der Waals surface area contributed by atoms with E-state index in [0.29, 0.717) is 6.37 Å². The second-order valence-electron chi connectivity index (χ2n) is 3.04. The van der Waals surface area contributed by atoms with E-state index in [-0.39, 0.29) is 10.6 Å². The fraction of sp³-hybridized carbons (Fsp3) is 0.300. The number of benzene rings is 1. The molecule has 0 aliphatic carbocycles. The predicted octanol–water partition coefficient (Wildman–Crippen LogP) is 4.07. The van der Waals surface area contributed by atoms with Gasteiger partial charge in [-0.2, -0.15) is 5.10 Å². The highest BCUT2D eigenvalue weighted by Crippen LogP contribution is 2.31. The largest absolute Gasteiger partial charge is 0.271 e. The van der Waals surface area contributed by atoms with Crippen LogP contribution in [0.1, 0.15) is 19.5 Å². The fourth-order valence-electron chi connectivity index (χ4n) is 1.44. The summed E-state index contributed by atoms with van der Waals surface area (Å²) >= 11 is 2.20. The minimum absolute atomic E-state index is 0.110. The first-order valence-corrected chi connectivity index (χ1v) is 9.20. The first-order valence-electron chi connectivity index (χ1n) is 5.14. The lowest BCUT2D eigenvalue weighted by molar-refractivity contribution is -0.384. The average Bonchev–Trinajstić information content (AvgIpc) is 2.68. The lowest BCUT2D eigenvalue weighted by atomic mass is 10.2. The van der Waals surface area contributed by atoms with Crippen LogP contribution in [0.4, 0.5) is 5.69 Å². The molecule has 0 saturated heterocycles. The highest BCUT2D eigenvalue weighted by molar-refractivity contribution is 14.2. The zero-order valence-corrected chi connectivity index (χ0v) is 12.9. The van der Waals surface area contributed by atoms with Gasteiger partial charge in [-0.25, -0.2) is 4.45 Å². The number of aromatic nitrogens is 2. The number of nitro groups is 1. The Kier molecular flexibility index (Phi) is 5.27. The lowest BCUT2D eigenvalue weighted by Crippen LogP contribution is -1.88. The smallest absolute Gasteiger partial charge is 0.258 e. The molecular weight excluding hydrogens is 352 g/mol. The van der Waals surface area contributed by atoms with Gasteiger partial charge in [-0.05, 0) is 35.0 Å². The summed E-state index contributed by atoms with van der Waals surface area (Å²) in [6.07, 6.45) is 0.448. The second kappa shape index (κ2) is 6.26. The van der Waals surface area contributed by atoms with Crippen molar-refractivity contribution < 1.29 is 4.92 Å². The first-order chi connectivity index (χ1) is 8.13. The molecule has 1 unspecified atom stereocenters. The lowest BCUT2D eigenvalue weighted by Gasteiger charge is -1.96. The number of aryl methyl sites for hydroxylation is 1. The molecule has 0 fully saturated rings. The van der Waals surface area contributed by atoms with E-state index in [2.05, 4.69) is 27.1 Å². The monoisotopic (exact) mass is 365 g/mol. The maximum absolute atomic E-state index is 10.6. The van der Waals surface area contributed by atoms with Gasteiger partial charge in [0.15, 0.2) is 0 Å². The van der Waals surface area contributed by atoms with Crippen molar-refractivity contribution in [2.24, 2.45) is 0 Å². The van der Waals surface area contributed by atoms with Gasteiger partial charge in [0, 0.05) is 17.5 Å². The maximum Gasteiger partial charge on any atom is 0.271 e. The predicted molar refractivity (Wildman–Crippen MR) is 80.2 cm³/mol. The molecule has 1 aromatic heterocycles. The molecule has 7 heteroatoms.